The Hall–Kier alpha value is -3.58. The summed E-state index contributed by atoms with van der Waals surface area (Å²) in [7, 11) is 0. The number of imidazole rings is 1. The lowest BCUT2D eigenvalue weighted by atomic mass is 10.1. The van der Waals surface area contributed by atoms with Crippen LogP contribution in [-0.2, 0) is 4.79 Å². The first kappa shape index (κ1) is 20.3. The van der Waals surface area contributed by atoms with Gasteiger partial charge in [-0.1, -0.05) is 54.2 Å². The van der Waals surface area contributed by atoms with Crippen molar-refractivity contribution in [1.29, 1.82) is 0 Å². The van der Waals surface area contributed by atoms with Gasteiger partial charge in [-0.25, -0.2) is 4.98 Å². The van der Waals surface area contributed by atoms with Crippen molar-refractivity contribution in [2.75, 3.05) is 11.1 Å². The van der Waals surface area contributed by atoms with Crippen LogP contribution in [0.3, 0.4) is 0 Å². The standard InChI is InChI=1S/C25H22N4O2S/c30-23(27-20-11-5-4-10-19(20)24(31)26-17-14-15-17)16-32-25-28-21-12-6-7-13-22(21)29(25)18-8-2-1-3-9-18/h1-13,17H,14-16H2,(H,26,31)(H,27,30). The maximum absolute atomic E-state index is 12.8. The van der Waals surface area contributed by atoms with Crippen molar-refractivity contribution in [1.82, 2.24) is 14.9 Å². The first-order valence-electron chi connectivity index (χ1n) is 10.5. The van der Waals surface area contributed by atoms with Crippen LogP contribution < -0.4 is 10.6 Å². The second-order valence-electron chi connectivity index (χ2n) is 7.68. The maximum Gasteiger partial charge on any atom is 0.253 e. The Morgan fingerprint density at radius 2 is 1.66 bits per heavy atom. The summed E-state index contributed by atoms with van der Waals surface area (Å²) in [4.78, 5) is 30.0. The minimum Gasteiger partial charge on any atom is -0.349 e. The van der Waals surface area contributed by atoms with Gasteiger partial charge in [0, 0.05) is 11.7 Å². The highest BCUT2D eigenvalue weighted by molar-refractivity contribution is 7.99. The number of anilines is 1. The third-order valence-corrected chi connectivity index (χ3v) is 6.17. The highest BCUT2D eigenvalue weighted by Crippen LogP contribution is 2.28. The third kappa shape index (κ3) is 4.38. The zero-order valence-corrected chi connectivity index (χ0v) is 18.1. The summed E-state index contributed by atoms with van der Waals surface area (Å²) < 4.78 is 2.06. The minimum absolute atomic E-state index is 0.151. The summed E-state index contributed by atoms with van der Waals surface area (Å²) in [6.45, 7) is 0. The van der Waals surface area contributed by atoms with Crippen LogP contribution >= 0.6 is 11.8 Å². The van der Waals surface area contributed by atoms with Crippen LogP contribution in [0.15, 0.2) is 84.0 Å². The number of thioether (sulfide) groups is 1. The molecule has 1 aliphatic carbocycles. The van der Waals surface area contributed by atoms with Gasteiger partial charge < -0.3 is 10.6 Å². The fourth-order valence-corrected chi connectivity index (χ4v) is 4.35. The van der Waals surface area contributed by atoms with Crippen LogP contribution in [0, 0.1) is 0 Å². The molecule has 6 nitrogen and oxygen atoms in total. The van der Waals surface area contributed by atoms with Crippen LogP contribution in [0.25, 0.3) is 16.7 Å². The number of carbonyl (C=O) groups excluding carboxylic acids is 2. The minimum atomic E-state index is -0.187. The van der Waals surface area contributed by atoms with E-state index in [9.17, 15) is 9.59 Å². The Bertz CT molecular complexity index is 1280. The molecular weight excluding hydrogens is 420 g/mol. The number of carbonyl (C=O) groups is 2. The molecule has 2 amide bonds. The fraction of sp³-hybridized carbons (Fsp3) is 0.160. The molecule has 0 aliphatic heterocycles. The summed E-state index contributed by atoms with van der Waals surface area (Å²) >= 11 is 1.37. The summed E-state index contributed by atoms with van der Waals surface area (Å²) in [6, 6.07) is 25.3. The summed E-state index contributed by atoms with van der Waals surface area (Å²) in [6.07, 6.45) is 2.03. The molecule has 0 unspecified atom stereocenters. The lowest BCUT2D eigenvalue weighted by Crippen LogP contribution is -2.27. The molecule has 7 heteroatoms. The van der Waals surface area contributed by atoms with E-state index in [0.717, 1.165) is 34.7 Å². The molecule has 160 valence electrons. The zero-order chi connectivity index (χ0) is 21.9. The Kier molecular flexibility index (Phi) is 5.64. The summed E-state index contributed by atoms with van der Waals surface area (Å²) in [5.41, 5.74) is 3.86. The maximum atomic E-state index is 12.8. The number of hydrogen-bond donors (Lipinski definition) is 2. The molecule has 1 aromatic heterocycles. The monoisotopic (exact) mass is 442 g/mol. The molecule has 1 aliphatic rings. The second kappa shape index (κ2) is 8.88. The molecule has 3 aromatic carbocycles. The summed E-state index contributed by atoms with van der Waals surface area (Å²) in [5, 5.41) is 6.61. The number of hydrogen-bond acceptors (Lipinski definition) is 4. The molecule has 1 saturated carbocycles. The number of amides is 2. The number of rotatable bonds is 7. The Morgan fingerprint density at radius 3 is 2.47 bits per heavy atom. The van der Waals surface area contributed by atoms with Crippen molar-refractivity contribution < 1.29 is 9.59 Å². The van der Waals surface area contributed by atoms with E-state index < -0.39 is 0 Å². The molecule has 0 atom stereocenters. The molecule has 1 fully saturated rings. The number of fused-ring (bicyclic) bond motifs is 1. The quantitative estimate of drug-likeness (QED) is 0.409. The SMILES string of the molecule is O=C(CSc1nc2ccccc2n1-c1ccccc1)Nc1ccccc1C(=O)NC1CC1. The van der Waals surface area contributed by atoms with E-state index in [-0.39, 0.29) is 23.6 Å². The van der Waals surface area contributed by atoms with E-state index in [4.69, 9.17) is 4.98 Å². The van der Waals surface area contributed by atoms with E-state index in [1.54, 1.807) is 18.2 Å². The Balaban J connectivity index is 1.34. The van der Waals surface area contributed by atoms with Crippen molar-refractivity contribution >= 4 is 40.3 Å². The molecule has 0 saturated heterocycles. The lowest BCUT2D eigenvalue weighted by Gasteiger charge is -2.12. The van der Waals surface area contributed by atoms with E-state index >= 15 is 0 Å². The topological polar surface area (TPSA) is 76.0 Å². The lowest BCUT2D eigenvalue weighted by molar-refractivity contribution is -0.113. The number of para-hydroxylation sites is 4. The average molecular weight is 443 g/mol. The predicted molar refractivity (Wildman–Crippen MR) is 127 cm³/mol. The predicted octanol–water partition coefficient (Wildman–Crippen LogP) is 4.65. The van der Waals surface area contributed by atoms with E-state index in [2.05, 4.69) is 15.2 Å². The molecule has 0 spiro atoms. The highest BCUT2D eigenvalue weighted by atomic mass is 32.2. The highest BCUT2D eigenvalue weighted by Gasteiger charge is 2.25. The van der Waals surface area contributed by atoms with Gasteiger partial charge in [0.1, 0.15) is 0 Å². The van der Waals surface area contributed by atoms with E-state index in [1.165, 1.54) is 11.8 Å². The number of benzene rings is 3. The Labute approximate surface area is 190 Å². The molecule has 2 N–H and O–H groups in total. The van der Waals surface area contributed by atoms with E-state index in [1.807, 2.05) is 60.7 Å². The number of nitrogens with one attached hydrogen (secondary N) is 2. The fourth-order valence-electron chi connectivity index (χ4n) is 3.52. The van der Waals surface area contributed by atoms with Gasteiger partial charge in [0.25, 0.3) is 5.91 Å². The Morgan fingerprint density at radius 1 is 0.938 bits per heavy atom. The third-order valence-electron chi connectivity index (χ3n) is 5.24. The first-order chi connectivity index (χ1) is 15.7. The molecule has 4 aromatic rings. The van der Waals surface area contributed by atoms with Crippen LogP contribution in [0.1, 0.15) is 23.2 Å². The van der Waals surface area contributed by atoms with Gasteiger partial charge in [-0.2, -0.15) is 0 Å². The zero-order valence-electron chi connectivity index (χ0n) is 17.3. The van der Waals surface area contributed by atoms with Crippen molar-refractivity contribution in [3.05, 3.63) is 84.4 Å². The molecule has 0 radical (unpaired) electrons. The molecular formula is C25H22N4O2S. The van der Waals surface area contributed by atoms with Gasteiger partial charge in [0.2, 0.25) is 5.91 Å². The van der Waals surface area contributed by atoms with Gasteiger partial charge >= 0.3 is 0 Å². The van der Waals surface area contributed by atoms with Crippen molar-refractivity contribution in [2.45, 2.75) is 24.0 Å². The largest absolute Gasteiger partial charge is 0.349 e. The van der Waals surface area contributed by atoms with Crippen LogP contribution in [0.5, 0.6) is 0 Å². The van der Waals surface area contributed by atoms with Crippen molar-refractivity contribution in [3.8, 4) is 5.69 Å². The van der Waals surface area contributed by atoms with Crippen LogP contribution in [0.2, 0.25) is 0 Å². The van der Waals surface area contributed by atoms with Gasteiger partial charge in [-0.15, -0.1) is 0 Å². The van der Waals surface area contributed by atoms with Gasteiger partial charge in [-0.05, 0) is 49.2 Å². The van der Waals surface area contributed by atoms with Gasteiger partial charge in [-0.3, -0.25) is 14.2 Å². The first-order valence-corrected chi connectivity index (χ1v) is 11.5. The van der Waals surface area contributed by atoms with Crippen molar-refractivity contribution in [2.24, 2.45) is 0 Å². The van der Waals surface area contributed by atoms with E-state index in [0.29, 0.717) is 11.3 Å². The summed E-state index contributed by atoms with van der Waals surface area (Å²) in [5.74, 6) is -0.162. The molecule has 5 rings (SSSR count). The second-order valence-corrected chi connectivity index (χ2v) is 8.63. The van der Waals surface area contributed by atoms with Gasteiger partial charge in [0.05, 0.1) is 28.0 Å². The number of nitrogens with zero attached hydrogens (tertiary/aromatic N) is 2. The molecule has 0 bridgehead atoms. The average Bonchev–Trinajstić information content (AvgIpc) is 3.55. The normalized spacial score (nSPS) is 13.1. The van der Waals surface area contributed by atoms with Crippen molar-refractivity contribution in [3.63, 3.8) is 0 Å². The van der Waals surface area contributed by atoms with Crippen LogP contribution in [-0.4, -0.2) is 33.2 Å². The number of aromatic nitrogens is 2. The van der Waals surface area contributed by atoms with Gasteiger partial charge in [0.15, 0.2) is 5.16 Å². The smallest absolute Gasteiger partial charge is 0.253 e. The van der Waals surface area contributed by atoms with Crippen LogP contribution in [0.4, 0.5) is 5.69 Å². The molecule has 1 heterocycles. The molecule has 32 heavy (non-hydrogen) atoms.